The fourth-order valence-electron chi connectivity index (χ4n) is 1.15. The monoisotopic (exact) mass is 216 g/mol. The van der Waals surface area contributed by atoms with E-state index in [-0.39, 0.29) is 5.75 Å². The minimum atomic E-state index is -3.27. The average molecular weight is 216 g/mol. The van der Waals surface area contributed by atoms with Crippen LogP contribution in [0.2, 0.25) is 0 Å². The third-order valence-electron chi connectivity index (χ3n) is 2.49. The summed E-state index contributed by atoms with van der Waals surface area (Å²) >= 11 is 0. The molecule has 1 saturated carbocycles. The van der Waals surface area contributed by atoms with E-state index in [2.05, 4.69) is 4.72 Å². The van der Waals surface area contributed by atoms with Gasteiger partial charge >= 0.3 is 0 Å². The van der Waals surface area contributed by atoms with Gasteiger partial charge in [0, 0.05) is 0 Å². The second-order valence-corrected chi connectivity index (χ2v) is 5.89. The van der Waals surface area contributed by atoms with E-state index >= 15 is 0 Å². The molecule has 0 bridgehead atoms. The minimum Gasteiger partial charge on any atom is -0.212 e. The molecule has 1 atom stereocenters. The van der Waals surface area contributed by atoms with Gasteiger partial charge in [-0.2, -0.15) is 9.98 Å². The number of nitrogens with zero attached hydrogens (tertiary/aromatic N) is 1. The predicted molar refractivity (Wildman–Crippen MR) is 54.0 cm³/mol. The Kier molecular flexibility index (Phi) is 3.17. The van der Waals surface area contributed by atoms with Crippen LogP contribution in [0.5, 0.6) is 0 Å². The number of hydrogen-bond donors (Lipinski definition) is 1. The van der Waals surface area contributed by atoms with Gasteiger partial charge in [-0.1, -0.05) is 6.92 Å². The zero-order chi connectivity index (χ0) is 10.8. The number of rotatable bonds is 5. The maximum Gasteiger partial charge on any atom is 0.213 e. The standard InChI is InChI=1S/C9H16N2O2S/c1-3-9(2,7-10)11-14(12,13)6-8-4-5-8/h8,11H,3-6H2,1-2H3. The van der Waals surface area contributed by atoms with Gasteiger partial charge in [-0.25, -0.2) is 8.42 Å². The number of sulfonamides is 1. The molecule has 0 amide bonds. The maximum absolute atomic E-state index is 11.6. The van der Waals surface area contributed by atoms with E-state index in [4.69, 9.17) is 5.26 Å². The molecule has 0 radical (unpaired) electrons. The van der Waals surface area contributed by atoms with E-state index in [1.54, 1.807) is 13.8 Å². The van der Waals surface area contributed by atoms with Crippen molar-refractivity contribution in [2.45, 2.75) is 38.6 Å². The maximum atomic E-state index is 11.6. The van der Waals surface area contributed by atoms with Crippen molar-refractivity contribution in [1.82, 2.24) is 4.72 Å². The van der Waals surface area contributed by atoms with Crippen LogP contribution in [0.3, 0.4) is 0 Å². The molecule has 0 spiro atoms. The van der Waals surface area contributed by atoms with Crippen LogP contribution in [-0.4, -0.2) is 19.7 Å². The van der Waals surface area contributed by atoms with Gasteiger partial charge in [0.1, 0.15) is 5.54 Å². The third-order valence-corrected chi connectivity index (χ3v) is 4.16. The van der Waals surface area contributed by atoms with Crippen LogP contribution >= 0.6 is 0 Å². The quantitative estimate of drug-likeness (QED) is 0.745. The molecule has 1 fully saturated rings. The predicted octanol–water partition coefficient (Wildman–Crippen LogP) is 1.01. The van der Waals surface area contributed by atoms with E-state index in [0.717, 1.165) is 12.8 Å². The number of nitrogens with one attached hydrogen (secondary N) is 1. The zero-order valence-corrected chi connectivity index (χ0v) is 9.39. The molecule has 14 heavy (non-hydrogen) atoms. The Morgan fingerprint density at radius 2 is 2.14 bits per heavy atom. The summed E-state index contributed by atoms with van der Waals surface area (Å²) in [4.78, 5) is 0. The Morgan fingerprint density at radius 3 is 2.50 bits per heavy atom. The first-order chi connectivity index (χ1) is 6.41. The topological polar surface area (TPSA) is 70.0 Å². The average Bonchev–Trinajstić information content (AvgIpc) is 2.86. The Morgan fingerprint density at radius 1 is 1.57 bits per heavy atom. The van der Waals surface area contributed by atoms with E-state index in [1.807, 2.05) is 6.07 Å². The number of nitriles is 1. The fraction of sp³-hybridized carbons (Fsp3) is 0.889. The van der Waals surface area contributed by atoms with Gasteiger partial charge in [-0.05, 0) is 32.1 Å². The minimum absolute atomic E-state index is 0.171. The molecular weight excluding hydrogens is 200 g/mol. The van der Waals surface area contributed by atoms with E-state index in [1.165, 1.54) is 0 Å². The molecule has 1 unspecified atom stereocenters. The van der Waals surface area contributed by atoms with Crippen molar-refractivity contribution in [1.29, 1.82) is 5.26 Å². The summed E-state index contributed by atoms with van der Waals surface area (Å²) in [5.74, 6) is 0.483. The molecule has 4 nitrogen and oxygen atoms in total. The molecular formula is C9H16N2O2S. The van der Waals surface area contributed by atoms with Crippen LogP contribution in [-0.2, 0) is 10.0 Å². The summed E-state index contributed by atoms with van der Waals surface area (Å²) in [6, 6.07) is 1.99. The molecule has 0 aliphatic heterocycles. The molecule has 1 rings (SSSR count). The highest BCUT2D eigenvalue weighted by molar-refractivity contribution is 7.89. The first-order valence-electron chi connectivity index (χ1n) is 4.84. The zero-order valence-electron chi connectivity index (χ0n) is 8.58. The normalized spacial score (nSPS) is 21.2. The summed E-state index contributed by atoms with van der Waals surface area (Å²) in [5.41, 5.74) is -0.951. The highest BCUT2D eigenvalue weighted by atomic mass is 32.2. The molecule has 0 aromatic rings. The highest BCUT2D eigenvalue weighted by Gasteiger charge is 2.33. The Balaban J connectivity index is 2.61. The molecule has 0 aromatic carbocycles. The van der Waals surface area contributed by atoms with E-state index < -0.39 is 15.6 Å². The van der Waals surface area contributed by atoms with Crippen LogP contribution in [0.4, 0.5) is 0 Å². The van der Waals surface area contributed by atoms with Gasteiger partial charge in [-0.3, -0.25) is 0 Å². The Bertz CT molecular complexity index is 340. The smallest absolute Gasteiger partial charge is 0.212 e. The van der Waals surface area contributed by atoms with Gasteiger partial charge < -0.3 is 0 Å². The van der Waals surface area contributed by atoms with Crippen molar-refractivity contribution in [2.75, 3.05) is 5.75 Å². The van der Waals surface area contributed by atoms with Gasteiger partial charge in [-0.15, -0.1) is 0 Å². The lowest BCUT2D eigenvalue weighted by atomic mass is 10.0. The first kappa shape index (κ1) is 11.5. The van der Waals surface area contributed by atoms with Crippen molar-refractivity contribution >= 4 is 10.0 Å². The highest BCUT2D eigenvalue weighted by Crippen LogP contribution is 2.30. The van der Waals surface area contributed by atoms with Crippen LogP contribution in [0.1, 0.15) is 33.1 Å². The lowest BCUT2D eigenvalue weighted by Gasteiger charge is -2.20. The second kappa shape index (κ2) is 3.87. The molecule has 0 aromatic heterocycles. The molecule has 1 N–H and O–H groups in total. The summed E-state index contributed by atoms with van der Waals surface area (Å²) in [5, 5.41) is 8.82. The third kappa shape index (κ3) is 3.28. The molecule has 0 saturated heterocycles. The number of hydrogen-bond acceptors (Lipinski definition) is 3. The van der Waals surface area contributed by atoms with Crippen molar-refractivity contribution in [2.24, 2.45) is 5.92 Å². The summed E-state index contributed by atoms with van der Waals surface area (Å²) in [6.45, 7) is 3.40. The SMILES string of the molecule is CCC(C)(C#N)NS(=O)(=O)CC1CC1. The van der Waals surface area contributed by atoms with Crippen LogP contribution in [0, 0.1) is 17.2 Å². The Hall–Kier alpha value is -0.600. The summed E-state index contributed by atoms with van der Waals surface area (Å²) in [6.07, 6.45) is 2.47. The first-order valence-corrected chi connectivity index (χ1v) is 6.49. The molecule has 1 aliphatic carbocycles. The van der Waals surface area contributed by atoms with Gasteiger partial charge in [0.25, 0.3) is 0 Å². The molecule has 5 heteroatoms. The van der Waals surface area contributed by atoms with Crippen LogP contribution in [0.15, 0.2) is 0 Å². The van der Waals surface area contributed by atoms with Gasteiger partial charge in [0.15, 0.2) is 0 Å². The molecule has 1 aliphatic rings. The van der Waals surface area contributed by atoms with E-state index in [9.17, 15) is 8.42 Å². The fourth-order valence-corrected chi connectivity index (χ4v) is 3.07. The second-order valence-electron chi connectivity index (χ2n) is 4.12. The Labute approximate surface area is 85.4 Å². The molecule has 80 valence electrons. The van der Waals surface area contributed by atoms with Crippen molar-refractivity contribution in [3.63, 3.8) is 0 Å². The van der Waals surface area contributed by atoms with Gasteiger partial charge in [0.2, 0.25) is 10.0 Å². The summed E-state index contributed by atoms with van der Waals surface area (Å²) < 4.78 is 25.6. The van der Waals surface area contributed by atoms with Crippen molar-refractivity contribution < 1.29 is 8.42 Å². The lowest BCUT2D eigenvalue weighted by Crippen LogP contribution is -2.45. The summed E-state index contributed by atoms with van der Waals surface area (Å²) in [7, 11) is -3.27. The van der Waals surface area contributed by atoms with Crippen molar-refractivity contribution in [3.05, 3.63) is 0 Å². The van der Waals surface area contributed by atoms with Crippen LogP contribution in [0.25, 0.3) is 0 Å². The van der Waals surface area contributed by atoms with Crippen molar-refractivity contribution in [3.8, 4) is 6.07 Å². The van der Waals surface area contributed by atoms with E-state index in [0.29, 0.717) is 12.3 Å². The largest absolute Gasteiger partial charge is 0.213 e. The van der Waals surface area contributed by atoms with Gasteiger partial charge in [0.05, 0.1) is 11.8 Å². The lowest BCUT2D eigenvalue weighted by molar-refractivity contribution is 0.493. The van der Waals surface area contributed by atoms with Crippen LogP contribution < -0.4 is 4.72 Å². The molecule has 0 heterocycles.